The molecule has 14 rings (SSSR count). The summed E-state index contributed by atoms with van der Waals surface area (Å²) >= 11 is 0. The first-order valence-electron chi connectivity index (χ1n) is 22.6. The third kappa shape index (κ3) is 5.59. The van der Waals surface area contributed by atoms with E-state index in [0.717, 1.165) is 0 Å². The summed E-state index contributed by atoms with van der Waals surface area (Å²) in [6, 6.07) is 77.1. The average Bonchev–Trinajstić information content (AvgIpc) is 3.73. The summed E-state index contributed by atoms with van der Waals surface area (Å²) in [5, 5.41) is 10.2. The molecule has 0 unspecified atom stereocenters. The van der Waals surface area contributed by atoms with Crippen LogP contribution in [0.3, 0.4) is 0 Å². The van der Waals surface area contributed by atoms with Gasteiger partial charge in [0.15, 0.2) is 0 Å². The molecule has 0 amide bonds. The molecule has 0 saturated carbocycles. The average molecular weight is 819 g/mol. The van der Waals surface area contributed by atoms with E-state index in [9.17, 15) is 0 Å². The molecule has 0 bridgehead atoms. The van der Waals surface area contributed by atoms with Crippen LogP contribution in [0.4, 0.5) is 0 Å². The molecule has 0 radical (unpaired) electrons. The van der Waals surface area contributed by atoms with E-state index in [-0.39, 0.29) is 0 Å². The third-order valence-corrected chi connectivity index (χ3v) is 14.2. The monoisotopic (exact) mass is 818 g/mol. The lowest BCUT2D eigenvalue weighted by Crippen LogP contribution is -1.87. The zero-order valence-electron chi connectivity index (χ0n) is 35.4. The van der Waals surface area contributed by atoms with Crippen LogP contribution >= 0.6 is 0 Å². The van der Waals surface area contributed by atoms with Gasteiger partial charge in [0.1, 0.15) is 0 Å². The lowest BCUT2D eigenvalue weighted by Gasteiger charge is -2.13. The summed E-state index contributed by atoms with van der Waals surface area (Å²) in [6.45, 7) is 0. The van der Waals surface area contributed by atoms with E-state index in [0.29, 0.717) is 0 Å². The minimum Gasteiger partial charge on any atom is -0.120 e. The summed E-state index contributed by atoms with van der Waals surface area (Å²) in [6.07, 6.45) is 8.42. The predicted octanol–water partition coefficient (Wildman–Crippen LogP) is 17.8. The minimum atomic E-state index is 1.22. The topological polar surface area (TPSA) is 0 Å². The van der Waals surface area contributed by atoms with Crippen molar-refractivity contribution in [1.82, 2.24) is 0 Å². The highest BCUT2D eigenvalue weighted by atomic mass is 14.3. The number of hydrogen-bond donors (Lipinski definition) is 0. The maximum Gasteiger partial charge on any atom is -0.00199 e. The number of benzene rings is 11. The molecular formula is C65H38. The van der Waals surface area contributed by atoms with E-state index >= 15 is 0 Å². The standard InChI is InChI=1S/C65H38/c1-2-14-54-56(15-3-1)62-32-30-52(58-18-8-20-60(54)64(58)62)50-12-6-10-40(38-50)42-22-24-46-36-48(28-26-44(46)34-42)49-29-27-45-35-43(23-25-47(45)37-49)41-11-7-13-51(39-41)53-31-33-63-57-17-5-4-16-55(57)61-21-9-19-59(53)65(61)63/h1,3-39H. The van der Waals surface area contributed by atoms with Crippen LogP contribution in [0, 0.1) is 0 Å². The minimum absolute atomic E-state index is 1.22. The highest BCUT2D eigenvalue weighted by Crippen LogP contribution is 2.50. The molecule has 0 spiro atoms. The van der Waals surface area contributed by atoms with Gasteiger partial charge in [-0.2, -0.15) is 0 Å². The first-order valence-corrected chi connectivity index (χ1v) is 22.6. The van der Waals surface area contributed by atoms with Gasteiger partial charge in [-0.15, -0.1) is 5.73 Å². The molecule has 0 nitrogen and oxygen atoms in total. The van der Waals surface area contributed by atoms with Gasteiger partial charge in [0.05, 0.1) is 0 Å². The fourth-order valence-electron chi connectivity index (χ4n) is 11.1. The summed E-state index contributed by atoms with van der Waals surface area (Å²) in [5.41, 5.74) is 26.1. The Balaban J connectivity index is 0.746. The van der Waals surface area contributed by atoms with E-state index in [2.05, 4.69) is 230 Å². The largest absolute Gasteiger partial charge is 0.120 e. The molecule has 3 aliphatic carbocycles. The molecule has 65 heavy (non-hydrogen) atoms. The first-order chi connectivity index (χ1) is 32.2. The molecule has 0 aliphatic heterocycles. The number of allylic oxidation sites excluding steroid dienone is 5. The van der Waals surface area contributed by atoms with Crippen LogP contribution in [0.2, 0.25) is 0 Å². The normalized spacial score (nSPS) is 13.0. The lowest BCUT2D eigenvalue weighted by atomic mass is 9.91. The second kappa shape index (κ2) is 14.0. The van der Waals surface area contributed by atoms with Crippen molar-refractivity contribution in [3.63, 3.8) is 0 Å². The molecule has 0 heterocycles. The van der Waals surface area contributed by atoms with Crippen molar-refractivity contribution < 1.29 is 0 Å². The Labute approximate surface area is 377 Å². The van der Waals surface area contributed by atoms with Crippen molar-refractivity contribution in [1.29, 1.82) is 0 Å². The van der Waals surface area contributed by atoms with Crippen molar-refractivity contribution in [3.05, 3.63) is 247 Å². The van der Waals surface area contributed by atoms with Crippen LogP contribution < -0.4 is 0 Å². The van der Waals surface area contributed by atoms with Gasteiger partial charge in [0.25, 0.3) is 0 Å². The smallest absolute Gasteiger partial charge is 0.00199 e. The Bertz CT molecular complexity index is 4000. The Morgan fingerprint density at radius 1 is 0.262 bits per heavy atom. The fraction of sp³-hybridized carbons (Fsp3) is 0. The highest BCUT2D eigenvalue weighted by Gasteiger charge is 2.24. The van der Waals surface area contributed by atoms with Crippen LogP contribution in [0.25, 0.3) is 132 Å². The third-order valence-electron chi connectivity index (χ3n) is 14.2. The summed E-state index contributed by atoms with van der Waals surface area (Å²) in [5.74, 6) is 0. The van der Waals surface area contributed by atoms with Gasteiger partial charge in [-0.05, 0) is 192 Å². The zero-order chi connectivity index (χ0) is 42.6. The summed E-state index contributed by atoms with van der Waals surface area (Å²) < 4.78 is 0. The number of rotatable bonds is 5. The van der Waals surface area contributed by atoms with Crippen LogP contribution in [0.15, 0.2) is 236 Å². The number of fused-ring (bicyclic) bond motifs is 7. The molecule has 3 aliphatic rings. The highest BCUT2D eigenvalue weighted by molar-refractivity contribution is 6.21. The van der Waals surface area contributed by atoms with Gasteiger partial charge in [-0.1, -0.05) is 182 Å². The van der Waals surface area contributed by atoms with Crippen molar-refractivity contribution in [2.24, 2.45) is 0 Å². The Hall–Kier alpha value is -8.54. The van der Waals surface area contributed by atoms with E-state index in [1.165, 1.54) is 143 Å². The molecule has 0 heteroatoms. The van der Waals surface area contributed by atoms with Gasteiger partial charge in [-0.25, -0.2) is 0 Å². The van der Waals surface area contributed by atoms with Gasteiger partial charge in [-0.3, -0.25) is 0 Å². The Morgan fingerprint density at radius 2 is 0.662 bits per heavy atom. The van der Waals surface area contributed by atoms with Crippen molar-refractivity contribution >= 4 is 54.2 Å². The Morgan fingerprint density at radius 3 is 1.22 bits per heavy atom. The molecular weight excluding hydrogens is 781 g/mol. The van der Waals surface area contributed by atoms with Crippen molar-refractivity contribution in [3.8, 4) is 77.9 Å². The van der Waals surface area contributed by atoms with E-state index in [1.807, 2.05) is 6.08 Å². The fourth-order valence-corrected chi connectivity index (χ4v) is 11.1. The second-order valence-electron chi connectivity index (χ2n) is 17.7. The molecule has 0 atom stereocenters. The Kier molecular flexibility index (Phi) is 7.74. The second-order valence-corrected chi connectivity index (χ2v) is 17.7. The SMILES string of the molecule is C1=CC=CC2=C(C=1)c1cccc3c(-c4cccc(-c5ccc6cc(-c7ccc8cc(-c9cccc(-c%10ccc%11c%12c(cccc%10%12)-c%10ccccc%10-%11)c9)ccc8c7)ccc6c5)c4)ccc2c13. The van der Waals surface area contributed by atoms with Gasteiger partial charge in [0, 0.05) is 0 Å². The van der Waals surface area contributed by atoms with Crippen LogP contribution in [-0.2, 0) is 0 Å². The quantitative estimate of drug-likeness (QED) is 0.152. The molecule has 0 aromatic heterocycles. The molecule has 11 aromatic rings. The van der Waals surface area contributed by atoms with Crippen LogP contribution in [0.1, 0.15) is 11.1 Å². The molecule has 0 saturated heterocycles. The summed E-state index contributed by atoms with van der Waals surface area (Å²) in [4.78, 5) is 0. The van der Waals surface area contributed by atoms with E-state index in [1.54, 1.807) is 0 Å². The molecule has 0 fully saturated rings. The van der Waals surface area contributed by atoms with Gasteiger partial charge in [0.2, 0.25) is 0 Å². The maximum absolute atomic E-state index is 3.32. The van der Waals surface area contributed by atoms with Crippen molar-refractivity contribution in [2.75, 3.05) is 0 Å². The van der Waals surface area contributed by atoms with Crippen molar-refractivity contribution in [2.45, 2.75) is 0 Å². The predicted molar refractivity (Wildman–Crippen MR) is 277 cm³/mol. The lowest BCUT2D eigenvalue weighted by molar-refractivity contribution is 1.61. The van der Waals surface area contributed by atoms with Crippen LogP contribution in [-0.4, -0.2) is 0 Å². The molecule has 0 N–H and O–H groups in total. The van der Waals surface area contributed by atoms with Gasteiger partial charge < -0.3 is 0 Å². The summed E-state index contributed by atoms with van der Waals surface area (Å²) in [7, 11) is 0. The number of hydrogen-bond acceptors (Lipinski definition) is 0. The first kappa shape index (κ1) is 36.0. The van der Waals surface area contributed by atoms with Gasteiger partial charge >= 0.3 is 0 Å². The van der Waals surface area contributed by atoms with E-state index < -0.39 is 0 Å². The molecule has 298 valence electrons. The molecule has 11 aromatic carbocycles. The van der Waals surface area contributed by atoms with Crippen LogP contribution in [0.5, 0.6) is 0 Å². The maximum atomic E-state index is 3.32. The zero-order valence-corrected chi connectivity index (χ0v) is 35.4. The van der Waals surface area contributed by atoms with E-state index in [4.69, 9.17) is 0 Å².